The number of carbonyl (C=O) groups is 1. The number of phosphoric acid groups is 1. The summed E-state index contributed by atoms with van der Waals surface area (Å²) in [6, 6.07) is -0.846. The Morgan fingerprint density at radius 3 is 1.17 bits per heavy atom. The van der Waals surface area contributed by atoms with Gasteiger partial charge in [-0.05, 0) is 57.8 Å². The summed E-state index contributed by atoms with van der Waals surface area (Å²) in [5.74, 6) is -0.172. The normalized spacial score (nSPS) is 14.2. The molecule has 0 radical (unpaired) electrons. The SMILES string of the molecule is CC/C=C\C/C=C\C/C=C\C/C=C\CCCCCCCCCCCCCCCCCCCCCCCCC(=O)NC(COP(=O)(O)OCC[N+](C)(C)C)C(O)/C=C/CCCCCCCCCCCCCCCCCC. The van der Waals surface area contributed by atoms with Crippen molar-refractivity contribution >= 4 is 13.7 Å². The van der Waals surface area contributed by atoms with Crippen LogP contribution in [0.15, 0.2) is 60.8 Å². The summed E-state index contributed by atoms with van der Waals surface area (Å²) < 4.78 is 23.8. The van der Waals surface area contributed by atoms with Crippen molar-refractivity contribution in [3.05, 3.63) is 60.8 Å². The molecule has 0 aromatic heterocycles. The molecule has 0 bridgehead atoms. The van der Waals surface area contributed by atoms with Crippen LogP contribution in [0.4, 0.5) is 0 Å². The molecule has 0 saturated heterocycles. The molecule has 0 rings (SSSR count). The Hall–Kier alpha value is -1.80. The Balaban J connectivity index is 4.01. The number of nitrogens with one attached hydrogen (secondary N) is 1. The molecule has 0 heterocycles. The van der Waals surface area contributed by atoms with E-state index in [9.17, 15) is 19.4 Å². The second-order valence-electron chi connectivity index (χ2n) is 23.1. The lowest BCUT2D eigenvalue weighted by molar-refractivity contribution is -0.870. The van der Waals surface area contributed by atoms with Gasteiger partial charge in [0.2, 0.25) is 5.91 Å². The average molecular weight is 1070 g/mol. The van der Waals surface area contributed by atoms with Gasteiger partial charge in [0.25, 0.3) is 0 Å². The number of allylic oxidation sites excluding steroid dienone is 9. The molecule has 3 unspecified atom stereocenters. The minimum Gasteiger partial charge on any atom is -0.387 e. The number of hydrogen-bond acceptors (Lipinski definition) is 5. The first kappa shape index (κ1) is 73.2. The van der Waals surface area contributed by atoms with E-state index in [1.54, 1.807) is 6.08 Å². The van der Waals surface area contributed by atoms with Gasteiger partial charge >= 0.3 is 7.82 Å². The zero-order chi connectivity index (χ0) is 54.9. The molecule has 0 saturated carbocycles. The second kappa shape index (κ2) is 56.9. The van der Waals surface area contributed by atoms with Gasteiger partial charge in [0.15, 0.2) is 0 Å². The van der Waals surface area contributed by atoms with Crippen LogP contribution in [0, 0.1) is 0 Å². The van der Waals surface area contributed by atoms with E-state index in [-0.39, 0.29) is 19.1 Å². The van der Waals surface area contributed by atoms with Gasteiger partial charge in [-0.25, -0.2) is 4.57 Å². The summed E-state index contributed by atoms with van der Waals surface area (Å²) in [4.78, 5) is 23.4. The van der Waals surface area contributed by atoms with E-state index < -0.39 is 20.0 Å². The summed E-state index contributed by atoms with van der Waals surface area (Å²) >= 11 is 0. The Bertz CT molecular complexity index is 1400. The molecule has 3 N–H and O–H groups in total. The van der Waals surface area contributed by atoms with Gasteiger partial charge in [-0.2, -0.15) is 0 Å². The largest absolute Gasteiger partial charge is 0.472 e. The van der Waals surface area contributed by atoms with Crippen LogP contribution >= 0.6 is 7.82 Å². The van der Waals surface area contributed by atoms with E-state index in [1.807, 2.05) is 27.2 Å². The third-order valence-electron chi connectivity index (χ3n) is 14.5. The van der Waals surface area contributed by atoms with Crippen molar-refractivity contribution in [2.24, 2.45) is 0 Å². The van der Waals surface area contributed by atoms with Crippen LogP contribution in [0.25, 0.3) is 0 Å². The molecule has 75 heavy (non-hydrogen) atoms. The summed E-state index contributed by atoms with van der Waals surface area (Å²) in [6.45, 7) is 4.74. The van der Waals surface area contributed by atoms with Crippen molar-refractivity contribution in [1.82, 2.24) is 5.32 Å². The summed E-state index contributed by atoms with van der Waals surface area (Å²) in [6.07, 6.45) is 77.8. The number of quaternary nitrogens is 1. The predicted molar refractivity (Wildman–Crippen MR) is 327 cm³/mol. The smallest absolute Gasteiger partial charge is 0.387 e. The number of carbonyl (C=O) groups excluding carboxylic acids is 1. The van der Waals surface area contributed by atoms with Gasteiger partial charge in [-0.15, -0.1) is 0 Å². The minimum absolute atomic E-state index is 0.0625. The first-order chi connectivity index (χ1) is 36.5. The van der Waals surface area contributed by atoms with Crippen LogP contribution in [0.1, 0.15) is 303 Å². The lowest BCUT2D eigenvalue weighted by Gasteiger charge is -2.25. The molecule has 0 aliphatic rings. The number of amides is 1. The van der Waals surface area contributed by atoms with Crippen molar-refractivity contribution in [2.75, 3.05) is 40.9 Å². The molecule has 0 fully saturated rings. The quantitative estimate of drug-likeness (QED) is 0.0243. The maximum Gasteiger partial charge on any atom is 0.472 e. The summed E-state index contributed by atoms with van der Waals surface area (Å²) in [7, 11) is 1.58. The molecule has 0 aromatic carbocycles. The van der Waals surface area contributed by atoms with Crippen LogP contribution in [-0.2, 0) is 18.4 Å². The standard InChI is InChI=1S/C66H125N2O6P/c1-6-8-10-12-14-16-18-20-22-24-26-27-28-29-30-31-32-33-34-35-36-37-38-39-40-41-42-44-46-48-50-52-54-56-58-60-66(70)67-64(63-74-75(71,72)73-62-61-68(3,4)5)65(69)59-57-55-53-51-49-47-45-43-25-23-21-19-17-15-13-11-9-7-2/h8,10,14,16,20,22,26-27,57,59,64-65,69H,6-7,9,11-13,15,17-19,21,23-25,28-56,58,60-63H2,1-5H3,(H-,67,70,71,72)/p+1/b10-8-,16-14-,22-20-,27-26-,59-57+. The number of unbranched alkanes of at least 4 members (excludes halogenated alkanes) is 38. The van der Waals surface area contributed by atoms with Crippen molar-refractivity contribution in [1.29, 1.82) is 0 Å². The van der Waals surface area contributed by atoms with E-state index in [4.69, 9.17) is 9.05 Å². The molecule has 3 atom stereocenters. The number of hydrogen-bond donors (Lipinski definition) is 3. The van der Waals surface area contributed by atoms with E-state index in [2.05, 4.69) is 67.8 Å². The molecular formula is C66H126N2O6P+. The Morgan fingerprint density at radius 1 is 0.467 bits per heavy atom. The van der Waals surface area contributed by atoms with Gasteiger partial charge in [-0.1, -0.05) is 299 Å². The molecule has 0 aliphatic heterocycles. The van der Waals surface area contributed by atoms with Crippen molar-refractivity contribution < 1.29 is 32.9 Å². The maximum absolute atomic E-state index is 13.0. The van der Waals surface area contributed by atoms with Crippen molar-refractivity contribution in [2.45, 2.75) is 315 Å². The first-order valence-corrected chi connectivity index (χ1v) is 33.7. The fourth-order valence-corrected chi connectivity index (χ4v) is 10.2. The zero-order valence-corrected chi connectivity index (χ0v) is 51.2. The molecule has 0 spiro atoms. The Kier molecular flexibility index (Phi) is 55.5. The van der Waals surface area contributed by atoms with Crippen LogP contribution in [0.5, 0.6) is 0 Å². The van der Waals surface area contributed by atoms with Gasteiger partial charge in [0.05, 0.1) is 39.9 Å². The van der Waals surface area contributed by atoms with E-state index in [0.717, 1.165) is 64.2 Å². The second-order valence-corrected chi connectivity index (χ2v) is 24.6. The van der Waals surface area contributed by atoms with E-state index in [1.165, 1.54) is 218 Å². The molecule has 0 aromatic rings. The number of nitrogens with zero attached hydrogens (tertiary/aromatic N) is 1. The van der Waals surface area contributed by atoms with Crippen LogP contribution in [0.2, 0.25) is 0 Å². The molecule has 0 aliphatic carbocycles. The summed E-state index contributed by atoms with van der Waals surface area (Å²) in [5, 5.41) is 14.0. The number of likely N-dealkylation sites (N-methyl/N-ethyl adjacent to an activating group) is 1. The first-order valence-electron chi connectivity index (χ1n) is 32.2. The molecule has 440 valence electrons. The van der Waals surface area contributed by atoms with Crippen molar-refractivity contribution in [3.63, 3.8) is 0 Å². The maximum atomic E-state index is 13.0. The third-order valence-corrected chi connectivity index (χ3v) is 15.5. The molecule has 9 heteroatoms. The highest BCUT2D eigenvalue weighted by atomic mass is 31.2. The predicted octanol–water partition coefficient (Wildman–Crippen LogP) is 20.0. The fourth-order valence-electron chi connectivity index (χ4n) is 9.51. The van der Waals surface area contributed by atoms with Gasteiger partial charge in [0, 0.05) is 6.42 Å². The monoisotopic (exact) mass is 1070 g/mol. The van der Waals surface area contributed by atoms with E-state index in [0.29, 0.717) is 17.4 Å². The molecule has 8 nitrogen and oxygen atoms in total. The van der Waals surface area contributed by atoms with Crippen LogP contribution in [-0.4, -0.2) is 73.4 Å². The fraction of sp³-hybridized carbons (Fsp3) is 0.833. The number of aliphatic hydroxyl groups is 1. The van der Waals surface area contributed by atoms with Crippen LogP contribution in [0.3, 0.4) is 0 Å². The van der Waals surface area contributed by atoms with Gasteiger partial charge in [0.1, 0.15) is 13.2 Å². The van der Waals surface area contributed by atoms with Gasteiger partial charge in [-0.3, -0.25) is 13.8 Å². The topological polar surface area (TPSA) is 105 Å². The minimum atomic E-state index is -4.35. The third kappa shape index (κ3) is 59.7. The van der Waals surface area contributed by atoms with Crippen molar-refractivity contribution in [3.8, 4) is 0 Å². The number of aliphatic hydroxyl groups excluding tert-OH is 1. The molecular weight excluding hydrogens is 948 g/mol. The Morgan fingerprint density at radius 2 is 0.800 bits per heavy atom. The van der Waals surface area contributed by atoms with Crippen LogP contribution < -0.4 is 5.32 Å². The number of phosphoric ester groups is 1. The summed E-state index contributed by atoms with van der Waals surface area (Å²) in [5.41, 5.74) is 0. The number of rotatable bonds is 59. The lowest BCUT2D eigenvalue weighted by atomic mass is 10.0. The van der Waals surface area contributed by atoms with Gasteiger partial charge < -0.3 is 19.8 Å². The highest BCUT2D eigenvalue weighted by Gasteiger charge is 2.28. The zero-order valence-electron chi connectivity index (χ0n) is 50.3. The van der Waals surface area contributed by atoms with E-state index >= 15 is 0 Å². The Labute approximate surface area is 466 Å². The molecule has 1 amide bonds. The lowest BCUT2D eigenvalue weighted by Crippen LogP contribution is -2.45. The average Bonchev–Trinajstić information content (AvgIpc) is 3.37. The highest BCUT2D eigenvalue weighted by Crippen LogP contribution is 2.43. The highest BCUT2D eigenvalue weighted by molar-refractivity contribution is 7.47.